The summed E-state index contributed by atoms with van der Waals surface area (Å²) in [5.74, 6) is -2.44. The van der Waals surface area contributed by atoms with Gasteiger partial charge in [-0.25, -0.2) is 4.39 Å². The predicted octanol–water partition coefficient (Wildman–Crippen LogP) is 0.388. The molecule has 1 fully saturated rings. The van der Waals surface area contributed by atoms with Crippen molar-refractivity contribution in [3.05, 3.63) is 0 Å². The molecule has 1 saturated carbocycles. The number of halogens is 1. The normalized spacial score (nSPS) is 32.7. The molecule has 0 radical (unpaired) electrons. The van der Waals surface area contributed by atoms with Crippen LogP contribution in [0.4, 0.5) is 4.39 Å². The molecule has 0 unspecified atom stereocenters. The summed E-state index contributed by atoms with van der Waals surface area (Å²) >= 11 is 0. The molecule has 0 aromatic rings. The zero-order chi connectivity index (χ0) is 7.72. The SMILES string of the molecule is O=C(O)[C@H]1CC(=O)[C@H](F)C1. The van der Waals surface area contributed by atoms with Crippen molar-refractivity contribution >= 4 is 11.8 Å². The van der Waals surface area contributed by atoms with E-state index in [0.717, 1.165) is 0 Å². The highest BCUT2D eigenvalue weighted by Crippen LogP contribution is 2.24. The van der Waals surface area contributed by atoms with Gasteiger partial charge in [0, 0.05) is 6.42 Å². The number of hydrogen-bond acceptors (Lipinski definition) is 2. The lowest BCUT2D eigenvalue weighted by molar-refractivity contribution is -0.142. The van der Waals surface area contributed by atoms with Gasteiger partial charge in [-0.1, -0.05) is 0 Å². The van der Waals surface area contributed by atoms with Crippen LogP contribution in [0, 0.1) is 5.92 Å². The number of carbonyl (C=O) groups is 2. The van der Waals surface area contributed by atoms with E-state index in [1.807, 2.05) is 0 Å². The van der Waals surface area contributed by atoms with E-state index >= 15 is 0 Å². The third kappa shape index (κ3) is 1.15. The van der Waals surface area contributed by atoms with E-state index in [4.69, 9.17) is 5.11 Å². The molecule has 0 aromatic heterocycles. The third-order valence-electron chi connectivity index (χ3n) is 1.64. The molecule has 0 heterocycles. The number of aliphatic carboxylic acids is 1. The summed E-state index contributed by atoms with van der Waals surface area (Å²) in [6, 6.07) is 0. The maximum absolute atomic E-state index is 12.3. The minimum absolute atomic E-state index is 0.142. The lowest BCUT2D eigenvalue weighted by Crippen LogP contribution is -2.09. The topological polar surface area (TPSA) is 54.4 Å². The molecule has 0 aliphatic heterocycles. The van der Waals surface area contributed by atoms with Crippen LogP contribution in [-0.4, -0.2) is 23.0 Å². The van der Waals surface area contributed by atoms with Gasteiger partial charge < -0.3 is 5.11 Å². The van der Waals surface area contributed by atoms with Crippen molar-refractivity contribution in [3.8, 4) is 0 Å². The molecular formula is C6H7FO3. The van der Waals surface area contributed by atoms with E-state index in [2.05, 4.69) is 0 Å². The maximum atomic E-state index is 12.3. The monoisotopic (exact) mass is 146 g/mol. The molecule has 0 saturated heterocycles. The molecule has 0 bridgehead atoms. The Morgan fingerprint density at radius 2 is 2.30 bits per heavy atom. The van der Waals surface area contributed by atoms with E-state index in [9.17, 15) is 14.0 Å². The summed E-state index contributed by atoms with van der Waals surface area (Å²) in [7, 11) is 0. The smallest absolute Gasteiger partial charge is 0.307 e. The number of carboxylic acids is 1. The zero-order valence-corrected chi connectivity index (χ0v) is 5.21. The zero-order valence-electron chi connectivity index (χ0n) is 5.21. The van der Waals surface area contributed by atoms with Crippen molar-refractivity contribution in [2.45, 2.75) is 19.0 Å². The van der Waals surface area contributed by atoms with Gasteiger partial charge >= 0.3 is 5.97 Å². The van der Waals surface area contributed by atoms with Gasteiger partial charge in [-0.15, -0.1) is 0 Å². The largest absolute Gasteiger partial charge is 0.481 e. The van der Waals surface area contributed by atoms with Crippen LogP contribution in [-0.2, 0) is 9.59 Å². The summed E-state index contributed by atoms with van der Waals surface area (Å²) in [4.78, 5) is 20.6. The average molecular weight is 146 g/mol. The highest BCUT2D eigenvalue weighted by molar-refractivity contribution is 5.90. The molecule has 4 heteroatoms. The molecule has 0 aromatic carbocycles. The average Bonchev–Trinajstić information content (AvgIpc) is 2.13. The Morgan fingerprint density at radius 3 is 2.50 bits per heavy atom. The van der Waals surface area contributed by atoms with Crippen LogP contribution >= 0.6 is 0 Å². The van der Waals surface area contributed by atoms with Gasteiger partial charge in [0.15, 0.2) is 12.0 Å². The maximum Gasteiger partial charge on any atom is 0.307 e. The second-order valence-electron chi connectivity index (χ2n) is 2.41. The van der Waals surface area contributed by atoms with E-state index in [0.29, 0.717) is 0 Å². The summed E-state index contributed by atoms with van der Waals surface area (Å²) in [6.45, 7) is 0. The van der Waals surface area contributed by atoms with Crippen LogP contribution in [0.25, 0.3) is 0 Å². The van der Waals surface area contributed by atoms with Gasteiger partial charge in [-0.3, -0.25) is 9.59 Å². The van der Waals surface area contributed by atoms with Gasteiger partial charge in [0.2, 0.25) is 0 Å². The summed E-state index contributed by atoms with van der Waals surface area (Å²) in [5, 5.41) is 8.33. The Bertz CT molecular complexity index is 178. The van der Waals surface area contributed by atoms with Crippen molar-refractivity contribution in [2.24, 2.45) is 5.92 Å². The van der Waals surface area contributed by atoms with Gasteiger partial charge in [-0.2, -0.15) is 0 Å². The van der Waals surface area contributed by atoms with Crippen molar-refractivity contribution < 1.29 is 19.1 Å². The van der Waals surface area contributed by atoms with Crippen LogP contribution in [0.5, 0.6) is 0 Å². The number of ketones is 1. The first kappa shape index (κ1) is 7.18. The molecule has 10 heavy (non-hydrogen) atoms. The minimum Gasteiger partial charge on any atom is -0.481 e. The number of rotatable bonds is 1. The fourth-order valence-electron chi connectivity index (χ4n) is 1.02. The van der Waals surface area contributed by atoms with Crippen LogP contribution in [0.3, 0.4) is 0 Å². The fraction of sp³-hybridized carbons (Fsp3) is 0.667. The van der Waals surface area contributed by atoms with Crippen LogP contribution in [0.2, 0.25) is 0 Å². The Kier molecular flexibility index (Phi) is 1.70. The second kappa shape index (κ2) is 2.36. The molecule has 0 spiro atoms. The fourth-order valence-corrected chi connectivity index (χ4v) is 1.02. The Morgan fingerprint density at radius 1 is 1.70 bits per heavy atom. The highest BCUT2D eigenvalue weighted by atomic mass is 19.1. The van der Waals surface area contributed by atoms with Crippen LogP contribution in [0.15, 0.2) is 0 Å². The van der Waals surface area contributed by atoms with Crippen LogP contribution in [0.1, 0.15) is 12.8 Å². The standard InChI is InChI=1S/C6H7FO3/c7-4-1-3(6(9)10)2-5(4)8/h3-4H,1-2H2,(H,9,10)/t3-,4-/m1/s1. The first-order chi connectivity index (χ1) is 4.61. The number of alkyl halides is 1. The predicted molar refractivity (Wildman–Crippen MR) is 30.3 cm³/mol. The summed E-state index contributed by atoms with van der Waals surface area (Å²) < 4.78 is 12.3. The second-order valence-corrected chi connectivity index (χ2v) is 2.41. The molecular weight excluding hydrogens is 139 g/mol. The van der Waals surface area contributed by atoms with Gasteiger partial charge in [0.25, 0.3) is 0 Å². The molecule has 0 amide bonds. The summed E-state index contributed by atoms with van der Waals surface area (Å²) in [5.41, 5.74) is 0. The number of Topliss-reactive ketones (excluding diaryl/α,β-unsaturated/α-hetero) is 1. The first-order valence-corrected chi connectivity index (χ1v) is 3.01. The van der Waals surface area contributed by atoms with E-state index in [1.54, 1.807) is 0 Å². The number of carbonyl (C=O) groups excluding carboxylic acids is 1. The molecule has 2 atom stereocenters. The molecule has 1 rings (SSSR count). The Labute approximate surface area is 56.8 Å². The van der Waals surface area contributed by atoms with E-state index in [-0.39, 0.29) is 12.8 Å². The molecule has 56 valence electrons. The van der Waals surface area contributed by atoms with Gasteiger partial charge in [-0.05, 0) is 6.42 Å². The van der Waals surface area contributed by atoms with Crippen molar-refractivity contribution in [3.63, 3.8) is 0 Å². The first-order valence-electron chi connectivity index (χ1n) is 3.01. The summed E-state index contributed by atoms with van der Waals surface area (Å²) in [6.07, 6.45) is -1.83. The molecule has 3 nitrogen and oxygen atoms in total. The lowest BCUT2D eigenvalue weighted by Gasteiger charge is -1.96. The third-order valence-corrected chi connectivity index (χ3v) is 1.64. The Balaban J connectivity index is 2.57. The van der Waals surface area contributed by atoms with Crippen molar-refractivity contribution in [1.82, 2.24) is 0 Å². The minimum atomic E-state index is -1.54. The van der Waals surface area contributed by atoms with Gasteiger partial charge in [0.1, 0.15) is 0 Å². The van der Waals surface area contributed by atoms with Crippen LogP contribution < -0.4 is 0 Å². The molecule has 1 aliphatic carbocycles. The van der Waals surface area contributed by atoms with E-state index < -0.39 is 23.8 Å². The van der Waals surface area contributed by atoms with Gasteiger partial charge in [0.05, 0.1) is 5.92 Å². The number of hydrogen-bond donors (Lipinski definition) is 1. The molecule has 1 N–H and O–H groups in total. The number of carboxylic acid groups (broad SMARTS) is 1. The van der Waals surface area contributed by atoms with Crippen molar-refractivity contribution in [2.75, 3.05) is 0 Å². The highest BCUT2D eigenvalue weighted by Gasteiger charge is 2.36. The molecule has 1 aliphatic rings. The van der Waals surface area contributed by atoms with E-state index in [1.165, 1.54) is 0 Å². The Hall–Kier alpha value is -0.930. The quantitative estimate of drug-likeness (QED) is 0.582. The van der Waals surface area contributed by atoms with Crippen molar-refractivity contribution in [1.29, 1.82) is 0 Å². The lowest BCUT2D eigenvalue weighted by atomic mass is 10.1.